The fourth-order valence-corrected chi connectivity index (χ4v) is 2.42. The van der Waals surface area contributed by atoms with Crippen LogP contribution in [0.4, 0.5) is 0 Å². The van der Waals surface area contributed by atoms with Gasteiger partial charge >= 0.3 is 0 Å². The topological polar surface area (TPSA) is 50.7 Å². The summed E-state index contributed by atoms with van der Waals surface area (Å²) >= 11 is 1.60. The summed E-state index contributed by atoms with van der Waals surface area (Å²) in [6.07, 6.45) is 1.17. The monoisotopic (exact) mass is 264 g/mol. The van der Waals surface area contributed by atoms with E-state index in [-0.39, 0.29) is 5.91 Å². The molecule has 1 heterocycles. The standard InChI is InChI=1S/C13H16N2O2S/c1-17-11-4-2-3-10(9-11)5-6-12(16)15-13-14-7-8-18-13/h2-4,9H,5-8H2,1H3,(H,14,15,16). The number of amidine groups is 1. The number of benzene rings is 1. The van der Waals surface area contributed by atoms with E-state index in [1.807, 2.05) is 24.3 Å². The van der Waals surface area contributed by atoms with E-state index in [0.29, 0.717) is 12.8 Å². The Labute approximate surface area is 111 Å². The van der Waals surface area contributed by atoms with Crippen molar-refractivity contribution in [2.24, 2.45) is 4.99 Å². The van der Waals surface area contributed by atoms with E-state index in [1.165, 1.54) is 0 Å². The summed E-state index contributed by atoms with van der Waals surface area (Å²) < 4.78 is 5.15. The first-order chi connectivity index (χ1) is 8.78. The number of rotatable bonds is 4. The first kappa shape index (κ1) is 13.0. The smallest absolute Gasteiger partial charge is 0.226 e. The van der Waals surface area contributed by atoms with Crippen LogP contribution < -0.4 is 10.1 Å². The number of hydrogen-bond donors (Lipinski definition) is 1. The Bertz CT molecular complexity index is 460. The van der Waals surface area contributed by atoms with Crippen molar-refractivity contribution in [3.05, 3.63) is 29.8 Å². The number of hydrogen-bond acceptors (Lipinski definition) is 4. The number of methoxy groups -OCH3 is 1. The van der Waals surface area contributed by atoms with Crippen LogP contribution in [0.3, 0.4) is 0 Å². The molecule has 0 atom stereocenters. The molecule has 0 spiro atoms. The van der Waals surface area contributed by atoms with Gasteiger partial charge in [0, 0.05) is 12.2 Å². The third kappa shape index (κ3) is 3.77. The number of aryl methyl sites for hydroxylation is 1. The van der Waals surface area contributed by atoms with Crippen LogP contribution in [-0.4, -0.2) is 30.5 Å². The van der Waals surface area contributed by atoms with E-state index in [0.717, 1.165) is 28.8 Å². The molecule has 1 aliphatic rings. The zero-order chi connectivity index (χ0) is 12.8. The van der Waals surface area contributed by atoms with Crippen molar-refractivity contribution in [3.8, 4) is 5.75 Å². The Balaban J connectivity index is 1.81. The molecular formula is C13H16N2O2S. The maximum absolute atomic E-state index is 11.7. The second-order valence-electron chi connectivity index (χ2n) is 3.94. The molecule has 0 saturated carbocycles. The van der Waals surface area contributed by atoms with Crippen molar-refractivity contribution in [1.29, 1.82) is 0 Å². The molecule has 5 heteroatoms. The van der Waals surface area contributed by atoms with Crippen LogP contribution in [0.5, 0.6) is 5.75 Å². The fraction of sp³-hybridized carbons (Fsp3) is 0.385. The van der Waals surface area contributed by atoms with Gasteiger partial charge in [-0.25, -0.2) is 0 Å². The van der Waals surface area contributed by atoms with Crippen molar-refractivity contribution in [2.75, 3.05) is 19.4 Å². The van der Waals surface area contributed by atoms with E-state index in [1.54, 1.807) is 18.9 Å². The third-order valence-electron chi connectivity index (χ3n) is 2.61. The predicted molar refractivity (Wildman–Crippen MR) is 74.2 cm³/mol. The predicted octanol–water partition coefficient (Wildman–Crippen LogP) is 1.85. The third-order valence-corrected chi connectivity index (χ3v) is 3.50. The summed E-state index contributed by atoms with van der Waals surface area (Å²) in [5.74, 6) is 1.81. The quantitative estimate of drug-likeness (QED) is 0.903. The molecule has 0 fully saturated rings. The van der Waals surface area contributed by atoms with Crippen molar-refractivity contribution in [2.45, 2.75) is 12.8 Å². The molecule has 1 aliphatic heterocycles. The molecule has 2 rings (SSSR count). The highest BCUT2D eigenvalue weighted by Gasteiger charge is 2.10. The van der Waals surface area contributed by atoms with Gasteiger partial charge in [-0.15, -0.1) is 0 Å². The second kappa shape index (κ2) is 6.44. The number of carbonyl (C=O) groups is 1. The minimum Gasteiger partial charge on any atom is -0.497 e. The normalized spacial score (nSPS) is 14.2. The molecule has 96 valence electrons. The van der Waals surface area contributed by atoms with Gasteiger partial charge in [0.1, 0.15) is 5.75 Å². The lowest BCUT2D eigenvalue weighted by Gasteiger charge is -2.05. The van der Waals surface area contributed by atoms with Crippen LogP contribution in [-0.2, 0) is 11.2 Å². The van der Waals surface area contributed by atoms with Gasteiger partial charge in [-0.05, 0) is 24.1 Å². The molecule has 18 heavy (non-hydrogen) atoms. The largest absolute Gasteiger partial charge is 0.497 e. The van der Waals surface area contributed by atoms with Gasteiger partial charge in [0.2, 0.25) is 5.91 Å². The number of nitrogens with one attached hydrogen (secondary N) is 1. The number of ether oxygens (including phenoxy) is 1. The highest BCUT2D eigenvalue weighted by atomic mass is 32.2. The zero-order valence-corrected chi connectivity index (χ0v) is 11.1. The van der Waals surface area contributed by atoms with E-state index in [9.17, 15) is 4.79 Å². The number of carbonyl (C=O) groups excluding carboxylic acids is 1. The summed E-state index contributed by atoms with van der Waals surface area (Å²) in [6.45, 7) is 0.802. The minimum atomic E-state index is 0.0194. The highest BCUT2D eigenvalue weighted by Crippen LogP contribution is 2.14. The molecule has 0 unspecified atom stereocenters. The molecule has 0 aromatic heterocycles. The summed E-state index contributed by atoms with van der Waals surface area (Å²) in [5, 5.41) is 3.58. The van der Waals surface area contributed by atoms with Gasteiger partial charge in [-0.3, -0.25) is 9.79 Å². The molecule has 0 saturated heterocycles. The Kier molecular flexibility index (Phi) is 4.64. The number of thioether (sulfide) groups is 1. The van der Waals surface area contributed by atoms with E-state index >= 15 is 0 Å². The van der Waals surface area contributed by atoms with Gasteiger partial charge in [-0.1, -0.05) is 23.9 Å². The zero-order valence-electron chi connectivity index (χ0n) is 10.3. The molecule has 0 radical (unpaired) electrons. The number of nitrogens with zero attached hydrogens (tertiary/aromatic N) is 1. The Morgan fingerprint density at radius 1 is 1.56 bits per heavy atom. The molecule has 0 aliphatic carbocycles. The van der Waals surface area contributed by atoms with Crippen molar-refractivity contribution in [1.82, 2.24) is 5.32 Å². The van der Waals surface area contributed by atoms with Crippen molar-refractivity contribution in [3.63, 3.8) is 0 Å². The molecule has 1 amide bonds. The first-order valence-corrected chi connectivity index (χ1v) is 6.86. The SMILES string of the molecule is COc1cccc(CCC(=O)NC2=NCCS2)c1. The van der Waals surface area contributed by atoms with Crippen LogP contribution in [0.25, 0.3) is 0 Å². The van der Waals surface area contributed by atoms with Gasteiger partial charge in [-0.2, -0.15) is 0 Å². The molecule has 4 nitrogen and oxygen atoms in total. The van der Waals surface area contributed by atoms with Crippen molar-refractivity contribution >= 4 is 22.8 Å². The molecule has 0 bridgehead atoms. The van der Waals surface area contributed by atoms with Crippen LogP contribution in [0.1, 0.15) is 12.0 Å². The van der Waals surface area contributed by atoms with Crippen LogP contribution >= 0.6 is 11.8 Å². The molecule has 1 N–H and O–H groups in total. The lowest BCUT2D eigenvalue weighted by atomic mass is 10.1. The maximum Gasteiger partial charge on any atom is 0.226 e. The van der Waals surface area contributed by atoms with E-state index in [2.05, 4.69) is 10.3 Å². The molecule has 1 aromatic carbocycles. The highest BCUT2D eigenvalue weighted by molar-refractivity contribution is 8.14. The average molecular weight is 264 g/mol. The van der Waals surface area contributed by atoms with Crippen LogP contribution in [0.15, 0.2) is 29.3 Å². The van der Waals surface area contributed by atoms with Gasteiger partial charge in [0.25, 0.3) is 0 Å². The Hall–Kier alpha value is -1.49. The van der Waals surface area contributed by atoms with Crippen molar-refractivity contribution < 1.29 is 9.53 Å². The first-order valence-electron chi connectivity index (χ1n) is 5.88. The Morgan fingerprint density at radius 2 is 2.44 bits per heavy atom. The average Bonchev–Trinajstić information content (AvgIpc) is 2.89. The van der Waals surface area contributed by atoms with Gasteiger partial charge in [0.15, 0.2) is 5.17 Å². The Morgan fingerprint density at radius 3 is 3.17 bits per heavy atom. The van der Waals surface area contributed by atoms with Crippen LogP contribution in [0.2, 0.25) is 0 Å². The number of aliphatic imine (C=N–C) groups is 1. The van der Waals surface area contributed by atoms with E-state index in [4.69, 9.17) is 4.74 Å². The maximum atomic E-state index is 11.7. The minimum absolute atomic E-state index is 0.0194. The lowest BCUT2D eigenvalue weighted by molar-refractivity contribution is -0.119. The van der Waals surface area contributed by atoms with Gasteiger partial charge < -0.3 is 10.1 Å². The lowest BCUT2D eigenvalue weighted by Crippen LogP contribution is -2.27. The summed E-state index contributed by atoms with van der Waals surface area (Å²) in [6, 6.07) is 7.78. The number of amides is 1. The summed E-state index contributed by atoms with van der Waals surface area (Å²) in [5.41, 5.74) is 1.10. The second-order valence-corrected chi connectivity index (χ2v) is 5.02. The van der Waals surface area contributed by atoms with E-state index < -0.39 is 0 Å². The molecule has 1 aromatic rings. The summed E-state index contributed by atoms with van der Waals surface area (Å²) in [7, 11) is 1.64. The van der Waals surface area contributed by atoms with Crippen LogP contribution in [0, 0.1) is 0 Å². The fourth-order valence-electron chi connectivity index (χ4n) is 1.68. The summed E-state index contributed by atoms with van der Waals surface area (Å²) in [4.78, 5) is 15.9. The van der Waals surface area contributed by atoms with Gasteiger partial charge in [0.05, 0.1) is 13.7 Å². The molecular weight excluding hydrogens is 248 g/mol.